The third-order valence-electron chi connectivity index (χ3n) is 9.48. The molecule has 1 N–H and O–H groups in total. The van der Waals surface area contributed by atoms with E-state index in [1.165, 1.54) is 0 Å². The van der Waals surface area contributed by atoms with Crippen LogP contribution in [0.1, 0.15) is 51.9 Å². The van der Waals surface area contributed by atoms with Crippen LogP contribution in [0, 0.1) is 11.8 Å². The number of unbranched alkanes of at least 4 members (excludes halogenated alkanes) is 2. The third-order valence-corrected chi connectivity index (χ3v) is 9.48. The lowest BCUT2D eigenvalue weighted by Gasteiger charge is -2.38. The maximum absolute atomic E-state index is 14.7. The SMILES string of the molecule is CC[C@]12/C=C\CCCCOC(=O)[C@H]1[C@H]1C(=O)N(CCCCCO)C3C(=O)N(c4ccc5ccccc5c4)CC=C[C@@]31O2. The molecular formula is C34H40N2O6. The number of anilines is 1. The van der Waals surface area contributed by atoms with Crippen molar-refractivity contribution in [1.82, 2.24) is 4.90 Å². The van der Waals surface area contributed by atoms with Crippen molar-refractivity contribution in [2.45, 2.75) is 69.1 Å². The van der Waals surface area contributed by atoms with Gasteiger partial charge >= 0.3 is 5.97 Å². The average Bonchev–Trinajstić information content (AvgIpc) is 3.35. The number of carbonyl (C=O) groups is 3. The smallest absolute Gasteiger partial charge is 0.313 e. The number of aliphatic hydroxyl groups excluding tert-OH is 1. The molecule has 2 saturated heterocycles. The van der Waals surface area contributed by atoms with Crippen LogP contribution in [0.3, 0.4) is 0 Å². The van der Waals surface area contributed by atoms with Gasteiger partial charge in [-0.2, -0.15) is 0 Å². The summed E-state index contributed by atoms with van der Waals surface area (Å²) in [6.45, 7) is 3.00. The number of esters is 1. The second kappa shape index (κ2) is 11.7. The molecule has 6 rings (SSSR count). The van der Waals surface area contributed by atoms with Crippen LogP contribution in [-0.4, -0.2) is 71.3 Å². The molecule has 2 amide bonds. The second-order valence-electron chi connectivity index (χ2n) is 11.9. The van der Waals surface area contributed by atoms with E-state index in [0.29, 0.717) is 39.0 Å². The number of ether oxygens (including phenoxy) is 2. The first-order chi connectivity index (χ1) is 20.5. The molecule has 1 spiro atoms. The number of nitrogens with zero attached hydrogens (tertiary/aromatic N) is 2. The van der Waals surface area contributed by atoms with Crippen LogP contribution < -0.4 is 4.90 Å². The minimum atomic E-state index is -1.31. The molecule has 0 radical (unpaired) electrons. The van der Waals surface area contributed by atoms with Gasteiger partial charge in [-0.1, -0.05) is 61.6 Å². The predicted molar refractivity (Wildman–Crippen MR) is 160 cm³/mol. The van der Waals surface area contributed by atoms with Crippen molar-refractivity contribution in [1.29, 1.82) is 0 Å². The van der Waals surface area contributed by atoms with Gasteiger partial charge in [0.2, 0.25) is 5.91 Å². The summed E-state index contributed by atoms with van der Waals surface area (Å²) in [5.41, 5.74) is -1.62. The molecule has 1 unspecified atom stereocenters. The summed E-state index contributed by atoms with van der Waals surface area (Å²) in [7, 11) is 0. The standard InChI is InChI=1S/C34H40N2O6/c1-2-33-17-8-3-4-11-22-41-32(40)28(33)27-30(38)36(19-9-5-10-21-37)29-31(39)35(20-12-18-34(27,29)42-33)26-16-15-24-13-6-7-14-25(24)23-26/h6-8,12-18,23,27-29,37H,2-5,9-11,19-22H2,1H3/b17-8-/t27-,28+,29?,33-,34-/m0/s1. The highest BCUT2D eigenvalue weighted by molar-refractivity contribution is 6.06. The number of cyclic esters (lactones) is 1. The Hall–Kier alpha value is -3.49. The lowest BCUT2D eigenvalue weighted by Crippen LogP contribution is -2.56. The van der Waals surface area contributed by atoms with E-state index in [9.17, 15) is 19.5 Å². The van der Waals surface area contributed by atoms with Gasteiger partial charge in [-0.15, -0.1) is 0 Å². The van der Waals surface area contributed by atoms with E-state index in [1.807, 2.05) is 67.6 Å². The molecule has 42 heavy (non-hydrogen) atoms. The molecule has 4 heterocycles. The first-order valence-electron chi connectivity index (χ1n) is 15.4. The lowest BCUT2D eigenvalue weighted by atomic mass is 9.73. The van der Waals surface area contributed by atoms with Gasteiger partial charge in [0, 0.05) is 25.4 Å². The summed E-state index contributed by atoms with van der Waals surface area (Å²) in [6.07, 6.45) is 12.7. The molecule has 4 aliphatic heterocycles. The predicted octanol–water partition coefficient (Wildman–Crippen LogP) is 4.55. The lowest BCUT2D eigenvalue weighted by molar-refractivity contribution is -0.160. The quantitative estimate of drug-likeness (QED) is 0.297. The fraction of sp³-hybridized carbons (Fsp3) is 0.500. The molecule has 4 aliphatic rings. The average molecular weight is 573 g/mol. The Kier molecular flexibility index (Phi) is 7.94. The highest BCUT2D eigenvalue weighted by Crippen LogP contribution is 2.58. The topological polar surface area (TPSA) is 96.4 Å². The molecule has 0 aliphatic carbocycles. The maximum atomic E-state index is 14.7. The molecule has 8 heteroatoms. The first-order valence-corrected chi connectivity index (χ1v) is 15.4. The number of likely N-dealkylation sites (tertiary alicyclic amines) is 1. The first kappa shape index (κ1) is 28.6. The van der Waals surface area contributed by atoms with E-state index in [1.54, 1.807) is 9.80 Å². The second-order valence-corrected chi connectivity index (χ2v) is 11.9. The van der Waals surface area contributed by atoms with Crippen molar-refractivity contribution in [2.75, 3.05) is 31.2 Å². The molecule has 5 atom stereocenters. The van der Waals surface area contributed by atoms with Gasteiger partial charge < -0.3 is 24.4 Å². The van der Waals surface area contributed by atoms with Crippen LogP contribution in [0.5, 0.6) is 0 Å². The van der Waals surface area contributed by atoms with Crippen molar-refractivity contribution in [3.05, 3.63) is 66.8 Å². The summed E-state index contributed by atoms with van der Waals surface area (Å²) in [6, 6.07) is 13.0. The Bertz CT molecular complexity index is 1420. The van der Waals surface area contributed by atoms with E-state index in [2.05, 4.69) is 6.08 Å². The molecular weight excluding hydrogens is 532 g/mol. The van der Waals surface area contributed by atoms with Gasteiger partial charge in [0.15, 0.2) is 0 Å². The number of amides is 2. The molecule has 222 valence electrons. The molecule has 0 saturated carbocycles. The fourth-order valence-corrected chi connectivity index (χ4v) is 7.42. The number of fused-ring (bicyclic) bond motifs is 3. The summed E-state index contributed by atoms with van der Waals surface area (Å²) < 4.78 is 12.8. The van der Waals surface area contributed by atoms with Crippen molar-refractivity contribution < 1.29 is 29.0 Å². The number of aliphatic hydroxyl groups is 1. The number of benzene rings is 2. The highest BCUT2D eigenvalue weighted by Gasteiger charge is 2.75. The van der Waals surface area contributed by atoms with E-state index >= 15 is 0 Å². The van der Waals surface area contributed by atoms with Gasteiger partial charge in [-0.3, -0.25) is 14.4 Å². The summed E-state index contributed by atoms with van der Waals surface area (Å²) in [5.74, 6) is -2.64. The van der Waals surface area contributed by atoms with Crippen LogP contribution in [0.2, 0.25) is 0 Å². The molecule has 2 fully saturated rings. The van der Waals surface area contributed by atoms with Crippen molar-refractivity contribution >= 4 is 34.2 Å². The minimum Gasteiger partial charge on any atom is -0.465 e. The zero-order valence-electron chi connectivity index (χ0n) is 24.2. The van der Waals surface area contributed by atoms with E-state index < -0.39 is 35.0 Å². The van der Waals surface area contributed by atoms with Crippen LogP contribution in [0.25, 0.3) is 10.8 Å². The van der Waals surface area contributed by atoms with Crippen LogP contribution in [0.15, 0.2) is 66.8 Å². The Morgan fingerprint density at radius 2 is 1.76 bits per heavy atom. The molecule has 0 aromatic heterocycles. The molecule has 2 aromatic rings. The van der Waals surface area contributed by atoms with Crippen LogP contribution >= 0.6 is 0 Å². The largest absolute Gasteiger partial charge is 0.465 e. The van der Waals surface area contributed by atoms with E-state index in [4.69, 9.17) is 9.47 Å². The fourth-order valence-electron chi connectivity index (χ4n) is 7.42. The summed E-state index contributed by atoms with van der Waals surface area (Å²) in [5, 5.41) is 11.4. The summed E-state index contributed by atoms with van der Waals surface area (Å²) >= 11 is 0. The molecule has 0 bridgehead atoms. The normalized spacial score (nSPS) is 31.9. The van der Waals surface area contributed by atoms with Crippen LogP contribution in [0.4, 0.5) is 5.69 Å². The van der Waals surface area contributed by atoms with Crippen molar-refractivity contribution in [3.8, 4) is 0 Å². The monoisotopic (exact) mass is 572 g/mol. The van der Waals surface area contributed by atoms with Gasteiger partial charge in [-0.05, 0) is 67.9 Å². The number of allylic oxidation sites excluding steroid dienone is 1. The Morgan fingerprint density at radius 3 is 2.57 bits per heavy atom. The number of carbonyl (C=O) groups excluding carboxylic acids is 3. The van der Waals surface area contributed by atoms with E-state index in [-0.39, 0.29) is 18.4 Å². The van der Waals surface area contributed by atoms with E-state index in [0.717, 1.165) is 42.1 Å². The number of hydrogen-bond donors (Lipinski definition) is 1. The highest BCUT2D eigenvalue weighted by atomic mass is 16.6. The number of rotatable bonds is 7. The van der Waals surface area contributed by atoms with Crippen molar-refractivity contribution in [3.63, 3.8) is 0 Å². The molecule has 8 nitrogen and oxygen atoms in total. The van der Waals surface area contributed by atoms with Gasteiger partial charge in [0.1, 0.15) is 23.2 Å². The third kappa shape index (κ3) is 4.65. The van der Waals surface area contributed by atoms with Gasteiger partial charge in [0.05, 0.1) is 12.5 Å². The Labute approximate surface area is 246 Å². The summed E-state index contributed by atoms with van der Waals surface area (Å²) in [4.78, 5) is 46.3. The molecule has 2 aromatic carbocycles. The van der Waals surface area contributed by atoms with Crippen LogP contribution in [-0.2, 0) is 23.9 Å². The Morgan fingerprint density at radius 1 is 0.929 bits per heavy atom. The maximum Gasteiger partial charge on any atom is 0.313 e. The van der Waals surface area contributed by atoms with Gasteiger partial charge in [0.25, 0.3) is 5.91 Å². The number of hydrogen-bond acceptors (Lipinski definition) is 6. The zero-order chi connectivity index (χ0) is 29.3. The minimum absolute atomic E-state index is 0.0731. The van der Waals surface area contributed by atoms with Gasteiger partial charge in [-0.25, -0.2) is 0 Å². The Balaban J connectivity index is 1.45. The van der Waals surface area contributed by atoms with Crippen molar-refractivity contribution in [2.24, 2.45) is 11.8 Å². The zero-order valence-corrected chi connectivity index (χ0v) is 24.2.